The molecule has 0 atom stereocenters. The van der Waals surface area contributed by atoms with Gasteiger partial charge < -0.3 is 14.8 Å². The average Bonchev–Trinajstić information content (AvgIpc) is 3.25. The maximum Gasteiger partial charge on any atom is 0.311 e. The fourth-order valence-electron chi connectivity index (χ4n) is 3.84. The number of rotatable bonds is 11. The molecule has 2 aromatic heterocycles. The number of fused-ring (bicyclic) bond motifs is 1. The summed E-state index contributed by atoms with van der Waals surface area (Å²) in [5.74, 6) is 0.0719. The first-order valence-electron chi connectivity index (χ1n) is 12.7. The van der Waals surface area contributed by atoms with Crippen molar-refractivity contribution in [1.82, 2.24) is 14.7 Å². The van der Waals surface area contributed by atoms with Crippen LogP contribution < -0.4 is 14.8 Å². The average molecular weight is 535 g/mol. The molecule has 0 aliphatic rings. The number of pyridine rings is 1. The molecular weight excluding hydrogens is 500 g/mol. The minimum Gasteiger partial charge on any atom is -0.381 e. The molecule has 2 N–H and O–H groups in total. The topological polar surface area (TPSA) is 102 Å². The number of hydrogen-bond donors (Lipinski definition) is 2. The molecule has 8 nitrogen and oxygen atoms in total. The molecule has 4 aromatic rings. The van der Waals surface area contributed by atoms with E-state index in [1.165, 1.54) is 5.56 Å². The molecule has 0 aliphatic heterocycles. The standard InChI is InChI=1S/C29H34N4O4S/c1-20(2)29(34)31-24-12-10-23(11-13-24)28-26(18-30-17-16-22-8-6-5-7-9-22)33-19-25(14-15-27(33)32-28)37-38(35,36)21(3)4/h5-15,19-21,30H,16-18H2,1-4H3,(H,31,34). The highest BCUT2D eigenvalue weighted by atomic mass is 32.2. The van der Waals surface area contributed by atoms with Crippen LogP contribution in [0.3, 0.4) is 0 Å². The van der Waals surface area contributed by atoms with Crippen LogP contribution in [0.4, 0.5) is 5.69 Å². The van der Waals surface area contributed by atoms with Gasteiger partial charge in [0.25, 0.3) is 0 Å². The first-order chi connectivity index (χ1) is 18.1. The van der Waals surface area contributed by atoms with E-state index in [2.05, 4.69) is 22.8 Å². The maximum atomic E-state index is 12.4. The van der Waals surface area contributed by atoms with E-state index >= 15 is 0 Å². The summed E-state index contributed by atoms with van der Waals surface area (Å²) >= 11 is 0. The number of carbonyl (C=O) groups excluding carboxylic acids is 1. The fraction of sp³-hybridized carbons (Fsp3) is 0.310. The monoisotopic (exact) mass is 534 g/mol. The molecule has 1 amide bonds. The van der Waals surface area contributed by atoms with E-state index in [4.69, 9.17) is 9.17 Å². The van der Waals surface area contributed by atoms with Crippen LogP contribution in [0.5, 0.6) is 5.75 Å². The van der Waals surface area contributed by atoms with Crippen LogP contribution in [0.1, 0.15) is 39.0 Å². The Morgan fingerprint density at radius 1 is 0.974 bits per heavy atom. The van der Waals surface area contributed by atoms with Crippen molar-refractivity contribution >= 4 is 27.4 Å². The summed E-state index contributed by atoms with van der Waals surface area (Å²) in [5, 5.41) is 5.74. The summed E-state index contributed by atoms with van der Waals surface area (Å²) in [6.07, 6.45) is 2.54. The Morgan fingerprint density at radius 3 is 2.34 bits per heavy atom. The lowest BCUT2D eigenvalue weighted by Crippen LogP contribution is -2.20. The predicted octanol–water partition coefficient (Wildman–Crippen LogP) is 5.05. The van der Waals surface area contributed by atoms with Crippen molar-refractivity contribution < 1.29 is 17.4 Å². The predicted molar refractivity (Wildman–Crippen MR) is 151 cm³/mol. The van der Waals surface area contributed by atoms with Crippen molar-refractivity contribution in [3.05, 3.63) is 84.2 Å². The summed E-state index contributed by atoms with van der Waals surface area (Å²) in [6.45, 7) is 8.13. The molecule has 0 aliphatic carbocycles. The van der Waals surface area contributed by atoms with E-state index in [-0.39, 0.29) is 17.6 Å². The van der Waals surface area contributed by atoms with Gasteiger partial charge in [0.1, 0.15) is 5.65 Å². The normalized spacial score (nSPS) is 11.8. The Balaban J connectivity index is 1.64. The Hall–Kier alpha value is -3.69. The Labute approximate surface area is 224 Å². The van der Waals surface area contributed by atoms with Crippen molar-refractivity contribution in [3.8, 4) is 17.0 Å². The van der Waals surface area contributed by atoms with Gasteiger partial charge in [-0.2, -0.15) is 8.42 Å². The van der Waals surface area contributed by atoms with Gasteiger partial charge in [-0.25, -0.2) is 4.98 Å². The zero-order chi connectivity index (χ0) is 27.3. The highest BCUT2D eigenvalue weighted by Gasteiger charge is 2.20. The van der Waals surface area contributed by atoms with E-state index in [1.807, 2.05) is 60.7 Å². The summed E-state index contributed by atoms with van der Waals surface area (Å²) in [7, 11) is -3.73. The van der Waals surface area contributed by atoms with Crippen molar-refractivity contribution in [1.29, 1.82) is 0 Å². The van der Waals surface area contributed by atoms with Crippen LogP contribution in [0.25, 0.3) is 16.9 Å². The lowest BCUT2D eigenvalue weighted by molar-refractivity contribution is -0.118. The van der Waals surface area contributed by atoms with Crippen LogP contribution in [0.15, 0.2) is 72.9 Å². The van der Waals surface area contributed by atoms with Crippen LogP contribution in [-0.4, -0.2) is 35.5 Å². The van der Waals surface area contributed by atoms with E-state index in [0.29, 0.717) is 17.9 Å². The van der Waals surface area contributed by atoms with Gasteiger partial charge in [-0.3, -0.25) is 9.20 Å². The third kappa shape index (κ3) is 6.59. The Morgan fingerprint density at radius 2 is 1.68 bits per heavy atom. The molecule has 0 fully saturated rings. The molecule has 0 saturated heterocycles. The Bertz CT molecular complexity index is 1500. The third-order valence-corrected chi connectivity index (χ3v) is 7.74. The highest BCUT2D eigenvalue weighted by Crippen LogP contribution is 2.28. The first-order valence-corrected chi connectivity index (χ1v) is 14.2. The van der Waals surface area contributed by atoms with Crippen molar-refractivity contribution in [2.45, 2.75) is 45.9 Å². The number of carbonyl (C=O) groups is 1. The second-order valence-electron chi connectivity index (χ2n) is 9.76. The summed E-state index contributed by atoms with van der Waals surface area (Å²) < 4.78 is 31.9. The smallest absolute Gasteiger partial charge is 0.311 e. The summed E-state index contributed by atoms with van der Waals surface area (Å²) in [4.78, 5) is 16.9. The third-order valence-electron chi connectivity index (χ3n) is 6.16. The van der Waals surface area contributed by atoms with Gasteiger partial charge >= 0.3 is 10.1 Å². The van der Waals surface area contributed by atoms with Crippen LogP contribution in [0.2, 0.25) is 0 Å². The van der Waals surface area contributed by atoms with E-state index < -0.39 is 15.4 Å². The highest BCUT2D eigenvalue weighted by molar-refractivity contribution is 7.87. The number of anilines is 1. The molecule has 0 saturated carbocycles. The first kappa shape index (κ1) is 27.3. The van der Waals surface area contributed by atoms with Gasteiger partial charge in [0.2, 0.25) is 5.91 Å². The Kier molecular flexibility index (Phi) is 8.48. The van der Waals surface area contributed by atoms with Gasteiger partial charge in [0.15, 0.2) is 5.75 Å². The second kappa shape index (κ2) is 11.8. The SMILES string of the molecule is CC(C)C(=O)Nc1ccc(-c2nc3ccc(OS(=O)(=O)C(C)C)cn3c2CNCCc2ccccc2)cc1. The van der Waals surface area contributed by atoms with Gasteiger partial charge in [-0.15, -0.1) is 0 Å². The van der Waals surface area contributed by atoms with Crippen LogP contribution >= 0.6 is 0 Å². The molecule has 0 radical (unpaired) electrons. The molecule has 2 aromatic carbocycles. The molecule has 200 valence electrons. The number of hydrogen-bond acceptors (Lipinski definition) is 6. The molecule has 0 spiro atoms. The van der Waals surface area contributed by atoms with E-state index in [1.54, 1.807) is 32.2 Å². The molecule has 0 bridgehead atoms. The van der Waals surface area contributed by atoms with Crippen LogP contribution in [-0.2, 0) is 27.9 Å². The van der Waals surface area contributed by atoms with Gasteiger partial charge in [-0.1, -0.05) is 56.3 Å². The van der Waals surface area contributed by atoms with E-state index in [0.717, 1.165) is 29.9 Å². The number of nitrogens with one attached hydrogen (secondary N) is 2. The molecule has 9 heteroatoms. The number of amides is 1. The molecule has 38 heavy (non-hydrogen) atoms. The molecule has 4 rings (SSSR count). The number of benzene rings is 2. The lowest BCUT2D eigenvalue weighted by Gasteiger charge is -2.12. The molecular formula is C29H34N4O4S. The lowest BCUT2D eigenvalue weighted by atomic mass is 10.1. The quantitative estimate of drug-likeness (QED) is 0.206. The second-order valence-corrected chi connectivity index (χ2v) is 11.9. The minimum absolute atomic E-state index is 0.0438. The van der Waals surface area contributed by atoms with Crippen molar-refractivity contribution in [3.63, 3.8) is 0 Å². The number of nitrogens with zero attached hydrogens (tertiary/aromatic N) is 2. The maximum absolute atomic E-state index is 12.4. The molecule has 2 heterocycles. The van der Waals surface area contributed by atoms with Gasteiger partial charge in [-0.05, 0) is 56.6 Å². The minimum atomic E-state index is -3.73. The van der Waals surface area contributed by atoms with Crippen molar-refractivity contribution in [2.75, 3.05) is 11.9 Å². The van der Waals surface area contributed by atoms with Crippen molar-refractivity contribution in [2.24, 2.45) is 5.92 Å². The zero-order valence-electron chi connectivity index (χ0n) is 22.1. The number of aromatic nitrogens is 2. The zero-order valence-corrected chi connectivity index (χ0v) is 23.0. The fourth-order valence-corrected chi connectivity index (χ4v) is 4.40. The van der Waals surface area contributed by atoms with E-state index in [9.17, 15) is 13.2 Å². The number of imidazole rings is 1. The van der Waals surface area contributed by atoms with Gasteiger partial charge in [0.05, 0.1) is 22.8 Å². The van der Waals surface area contributed by atoms with Crippen LogP contribution in [0, 0.1) is 5.92 Å². The summed E-state index contributed by atoms with van der Waals surface area (Å²) in [6, 6.07) is 21.2. The van der Waals surface area contributed by atoms with Gasteiger partial charge in [0, 0.05) is 23.7 Å². The summed E-state index contributed by atoms with van der Waals surface area (Å²) in [5.41, 5.74) is 5.15. The largest absolute Gasteiger partial charge is 0.381 e. The molecule has 0 unspecified atom stereocenters.